The average Bonchev–Trinajstić information content (AvgIpc) is 2.66. The van der Waals surface area contributed by atoms with E-state index in [2.05, 4.69) is 10.3 Å². The van der Waals surface area contributed by atoms with E-state index >= 15 is 0 Å². The van der Waals surface area contributed by atoms with Gasteiger partial charge >= 0.3 is 0 Å². The zero-order chi connectivity index (χ0) is 20.3. The van der Waals surface area contributed by atoms with Crippen LogP contribution in [0.4, 0.5) is 14.5 Å². The zero-order valence-corrected chi connectivity index (χ0v) is 14.4. The number of nitrogens with zero attached hydrogens (tertiary/aromatic N) is 2. The van der Waals surface area contributed by atoms with Crippen LogP contribution in [0.25, 0.3) is 11.4 Å². The minimum atomic E-state index is -1.13. The van der Waals surface area contributed by atoms with Gasteiger partial charge in [0.1, 0.15) is 17.9 Å². The van der Waals surface area contributed by atoms with Gasteiger partial charge in [0.25, 0.3) is 11.5 Å². The van der Waals surface area contributed by atoms with E-state index in [1.165, 1.54) is 6.07 Å². The molecule has 7 nitrogen and oxygen atoms in total. The highest BCUT2D eigenvalue weighted by atomic mass is 19.2. The highest BCUT2D eigenvalue weighted by Crippen LogP contribution is 2.16. The van der Waals surface area contributed by atoms with E-state index < -0.39 is 35.6 Å². The van der Waals surface area contributed by atoms with Crippen molar-refractivity contribution in [1.82, 2.24) is 9.55 Å². The standard InChI is InChI=1S/C19H14F2N4O3/c20-14-7-6-12(8-15(14)21)24-16(26)10-25-18(11-4-2-1-3-5-11)23-9-13(17(22)27)19(25)28/h1-9H,10H2,(H2,22,27)(H,24,26). The summed E-state index contributed by atoms with van der Waals surface area (Å²) in [5.74, 6) is -3.71. The van der Waals surface area contributed by atoms with Crippen LogP contribution < -0.4 is 16.6 Å². The summed E-state index contributed by atoms with van der Waals surface area (Å²) in [6.45, 7) is -0.518. The number of aromatic nitrogens is 2. The maximum atomic E-state index is 13.3. The van der Waals surface area contributed by atoms with Gasteiger partial charge in [-0.15, -0.1) is 0 Å². The van der Waals surface area contributed by atoms with Crippen LogP contribution in [-0.4, -0.2) is 21.4 Å². The van der Waals surface area contributed by atoms with E-state index in [0.717, 1.165) is 22.9 Å². The molecule has 0 aliphatic rings. The molecule has 0 atom stereocenters. The van der Waals surface area contributed by atoms with E-state index in [-0.39, 0.29) is 17.1 Å². The lowest BCUT2D eigenvalue weighted by atomic mass is 10.2. The third-order valence-electron chi connectivity index (χ3n) is 3.85. The van der Waals surface area contributed by atoms with Gasteiger partial charge < -0.3 is 11.1 Å². The summed E-state index contributed by atoms with van der Waals surface area (Å²) in [5.41, 5.74) is 4.57. The molecular weight excluding hydrogens is 370 g/mol. The first kappa shape index (κ1) is 18.9. The molecule has 0 radical (unpaired) electrons. The first-order valence-electron chi connectivity index (χ1n) is 8.07. The second kappa shape index (κ2) is 7.78. The van der Waals surface area contributed by atoms with Gasteiger partial charge in [-0.2, -0.15) is 0 Å². The Morgan fingerprint density at radius 2 is 1.79 bits per heavy atom. The molecule has 0 fully saturated rings. The zero-order valence-electron chi connectivity index (χ0n) is 14.4. The SMILES string of the molecule is NC(=O)c1cnc(-c2ccccc2)n(CC(=O)Nc2ccc(F)c(F)c2)c1=O. The van der Waals surface area contributed by atoms with Crippen LogP contribution in [0.15, 0.2) is 59.5 Å². The lowest BCUT2D eigenvalue weighted by Gasteiger charge is -2.13. The minimum Gasteiger partial charge on any atom is -0.365 e. The van der Waals surface area contributed by atoms with Gasteiger partial charge in [0, 0.05) is 23.5 Å². The molecule has 28 heavy (non-hydrogen) atoms. The van der Waals surface area contributed by atoms with E-state index in [9.17, 15) is 23.2 Å². The molecule has 0 unspecified atom stereocenters. The molecule has 0 saturated carbocycles. The predicted molar refractivity (Wildman–Crippen MR) is 97.4 cm³/mol. The molecule has 0 saturated heterocycles. The number of hydrogen-bond acceptors (Lipinski definition) is 4. The molecule has 0 spiro atoms. The number of amides is 2. The summed E-state index contributed by atoms with van der Waals surface area (Å²) in [6.07, 6.45) is 1.05. The Morgan fingerprint density at radius 1 is 1.07 bits per heavy atom. The van der Waals surface area contributed by atoms with Crippen molar-refractivity contribution in [3.05, 3.63) is 82.3 Å². The molecule has 9 heteroatoms. The third-order valence-corrected chi connectivity index (χ3v) is 3.85. The van der Waals surface area contributed by atoms with E-state index in [4.69, 9.17) is 5.73 Å². The van der Waals surface area contributed by atoms with Crippen molar-refractivity contribution < 1.29 is 18.4 Å². The number of hydrogen-bond donors (Lipinski definition) is 2. The van der Waals surface area contributed by atoms with Crippen LogP contribution in [0.1, 0.15) is 10.4 Å². The molecular formula is C19H14F2N4O3. The highest BCUT2D eigenvalue weighted by molar-refractivity contribution is 5.93. The van der Waals surface area contributed by atoms with Gasteiger partial charge in [0.05, 0.1) is 0 Å². The van der Waals surface area contributed by atoms with Crippen molar-refractivity contribution in [3.8, 4) is 11.4 Å². The minimum absolute atomic E-state index is 0.0113. The molecule has 0 aliphatic carbocycles. The van der Waals surface area contributed by atoms with Crippen LogP contribution in [0, 0.1) is 11.6 Å². The smallest absolute Gasteiger partial charge is 0.267 e. The van der Waals surface area contributed by atoms with Crippen molar-refractivity contribution in [2.75, 3.05) is 5.32 Å². The molecule has 2 amide bonds. The summed E-state index contributed by atoms with van der Waals surface area (Å²) in [6, 6.07) is 11.4. The summed E-state index contributed by atoms with van der Waals surface area (Å²) >= 11 is 0. The van der Waals surface area contributed by atoms with Gasteiger partial charge in [-0.25, -0.2) is 13.8 Å². The number of benzene rings is 2. The topological polar surface area (TPSA) is 107 Å². The molecule has 1 aromatic heterocycles. The lowest BCUT2D eigenvalue weighted by Crippen LogP contribution is -2.34. The number of rotatable bonds is 5. The fraction of sp³-hybridized carbons (Fsp3) is 0.0526. The Bertz CT molecular complexity index is 1110. The third kappa shape index (κ3) is 3.93. The second-order valence-corrected chi connectivity index (χ2v) is 5.79. The maximum absolute atomic E-state index is 13.3. The molecule has 3 N–H and O–H groups in total. The van der Waals surface area contributed by atoms with Crippen LogP contribution in [0.2, 0.25) is 0 Å². The Hall–Kier alpha value is -3.88. The quantitative estimate of drug-likeness (QED) is 0.701. The molecule has 1 heterocycles. The molecule has 0 aliphatic heterocycles. The fourth-order valence-electron chi connectivity index (χ4n) is 2.54. The van der Waals surface area contributed by atoms with Crippen LogP contribution >= 0.6 is 0 Å². The Morgan fingerprint density at radius 3 is 2.43 bits per heavy atom. The normalized spacial score (nSPS) is 10.5. The second-order valence-electron chi connectivity index (χ2n) is 5.79. The van der Waals surface area contributed by atoms with Gasteiger partial charge in [-0.05, 0) is 12.1 Å². The van der Waals surface area contributed by atoms with Gasteiger partial charge in [0.15, 0.2) is 11.6 Å². The summed E-state index contributed by atoms with van der Waals surface area (Å²) in [5, 5.41) is 2.36. The average molecular weight is 384 g/mol. The summed E-state index contributed by atoms with van der Waals surface area (Å²) < 4.78 is 27.3. The summed E-state index contributed by atoms with van der Waals surface area (Å²) in [4.78, 5) is 40.5. The molecule has 2 aromatic carbocycles. The summed E-state index contributed by atoms with van der Waals surface area (Å²) in [7, 11) is 0. The maximum Gasteiger partial charge on any atom is 0.267 e. The van der Waals surface area contributed by atoms with Gasteiger partial charge in [0.2, 0.25) is 5.91 Å². The number of nitrogens with two attached hydrogens (primary N) is 1. The number of anilines is 1. The molecule has 142 valence electrons. The van der Waals surface area contributed by atoms with E-state index in [0.29, 0.717) is 5.56 Å². The van der Waals surface area contributed by atoms with Crippen molar-refractivity contribution in [1.29, 1.82) is 0 Å². The van der Waals surface area contributed by atoms with Crippen molar-refractivity contribution in [3.63, 3.8) is 0 Å². The Balaban J connectivity index is 1.98. The Labute approximate surface area is 157 Å². The first-order chi connectivity index (χ1) is 13.4. The largest absolute Gasteiger partial charge is 0.365 e. The first-order valence-corrected chi connectivity index (χ1v) is 8.07. The monoisotopic (exact) mass is 384 g/mol. The van der Waals surface area contributed by atoms with Gasteiger partial charge in [-0.1, -0.05) is 30.3 Å². The van der Waals surface area contributed by atoms with Crippen molar-refractivity contribution >= 4 is 17.5 Å². The van der Waals surface area contributed by atoms with Gasteiger partial charge in [-0.3, -0.25) is 19.0 Å². The molecule has 3 rings (SSSR count). The van der Waals surface area contributed by atoms with Crippen molar-refractivity contribution in [2.24, 2.45) is 5.73 Å². The highest BCUT2D eigenvalue weighted by Gasteiger charge is 2.18. The van der Waals surface area contributed by atoms with E-state index in [1.807, 2.05) is 0 Å². The number of halogens is 2. The number of carbonyl (C=O) groups is 2. The fourth-order valence-corrected chi connectivity index (χ4v) is 2.54. The van der Waals surface area contributed by atoms with Crippen LogP contribution in [-0.2, 0) is 11.3 Å². The molecule has 0 bridgehead atoms. The molecule has 3 aromatic rings. The Kier molecular flexibility index (Phi) is 5.25. The number of primary amides is 1. The van der Waals surface area contributed by atoms with E-state index in [1.54, 1.807) is 30.3 Å². The van der Waals surface area contributed by atoms with Crippen LogP contribution in [0.3, 0.4) is 0 Å². The number of carbonyl (C=O) groups excluding carboxylic acids is 2. The number of nitrogens with one attached hydrogen (secondary N) is 1. The lowest BCUT2D eigenvalue weighted by molar-refractivity contribution is -0.116. The van der Waals surface area contributed by atoms with Crippen LogP contribution in [0.5, 0.6) is 0 Å². The van der Waals surface area contributed by atoms with Crippen molar-refractivity contribution in [2.45, 2.75) is 6.54 Å². The predicted octanol–water partition coefficient (Wildman–Crippen LogP) is 1.93.